The Labute approximate surface area is 91.3 Å². The summed E-state index contributed by atoms with van der Waals surface area (Å²) in [7, 11) is 0. The SMILES string of the molecule is CC(C)(C)c1cnc2c(n1)C(C)(C)CN2. The monoisotopic (exact) mass is 205 g/mol. The Balaban J connectivity index is 2.51. The third-order valence-electron chi connectivity index (χ3n) is 2.88. The van der Waals surface area contributed by atoms with Gasteiger partial charge in [0.2, 0.25) is 0 Å². The van der Waals surface area contributed by atoms with Crippen molar-refractivity contribution in [2.75, 3.05) is 11.9 Å². The lowest BCUT2D eigenvalue weighted by Gasteiger charge is -2.21. The molecule has 3 heteroatoms. The van der Waals surface area contributed by atoms with Gasteiger partial charge >= 0.3 is 0 Å². The molecule has 2 heterocycles. The van der Waals surface area contributed by atoms with E-state index < -0.39 is 0 Å². The molecule has 1 aliphatic heterocycles. The predicted molar refractivity (Wildman–Crippen MR) is 62.2 cm³/mol. The number of anilines is 1. The van der Waals surface area contributed by atoms with E-state index in [2.05, 4.69) is 44.9 Å². The van der Waals surface area contributed by atoms with E-state index in [1.807, 2.05) is 6.20 Å². The number of nitrogens with one attached hydrogen (secondary N) is 1. The van der Waals surface area contributed by atoms with Crippen molar-refractivity contribution < 1.29 is 0 Å². The van der Waals surface area contributed by atoms with Crippen molar-refractivity contribution in [1.82, 2.24) is 9.97 Å². The minimum Gasteiger partial charge on any atom is -0.368 e. The smallest absolute Gasteiger partial charge is 0.148 e. The van der Waals surface area contributed by atoms with E-state index in [9.17, 15) is 0 Å². The van der Waals surface area contributed by atoms with Crippen LogP contribution < -0.4 is 5.32 Å². The number of hydrogen-bond donors (Lipinski definition) is 1. The number of aromatic nitrogens is 2. The van der Waals surface area contributed by atoms with Crippen molar-refractivity contribution in [3.05, 3.63) is 17.6 Å². The molecule has 0 atom stereocenters. The highest BCUT2D eigenvalue weighted by Gasteiger charge is 2.33. The van der Waals surface area contributed by atoms with Crippen LogP contribution in [0.3, 0.4) is 0 Å². The molecule has 0 spiro atoms. The number of hydrogen-bond acceptors (Lipinski definition) is 3. The minimum atomic E-state index is 0.0701. The molecule has 0 amide bonds. The largest absolute Gasteiger partial charge is 0.368 e. The molecule has 0 unspecified atom stereocenters. The number of nitrogens with zero attached hydrogens (tertiary/aromatic N) is 2. The van der Waals surface area contributed by atoms with E-state index in [0.717, 1.165) is 23.8 Å². The summed E-state index contributed by atoms with van der Waals surface area (Å²) >= 11 is 0. The molecule has 0 bridgehead atoms. The van der Waals surface area contributed by atoms with Gasteiger partial charge in [-0.05, 0) is 0 Å². The molecule has 3 nitrogen and oxygen atoms in total. The second kappa shape index (κ2) is 2.94. The molecule has 0 saturated carbocycles. The van der Waals surface area contributed by atoms with Gasteiger partial charge in [0, 0.05) is 17.4 Å². The molecular weight excluding hydrogens is 186 g/mol. The molecule has 0 saturated heterocycles. The van der Waals surface area contributed by atoms with Crippen LogP contribution >= 0.6 is 0 Å². The summed E-state index contributed by atoms with van der Waals surface area (Å²) in [6, 6.07) is 0. The lowest BCUT2D eigenvalue weighted by Crippen LogP contribution is -2.22. The Kier molecular flexibility index (Phi) is 2.04. The summed E-state index contributed by atoms with van der Waals surface area (Å²) in [5.74, 6) is 0.952. The molecule has 82 valence electrons. The first-order valence-electron chi connectivity index (χ1n) is 5.42. The van der Waals surface area contributed by atoms with Gasteiger partial charge < -0.3 is 5.32 Å². The molecule has 1 aromatic rings. The van der Waals surface area contributed by atoms with Gasteiger partial charge in [0.15, 0.2) is 0 Å². The molecule has 0 aliphatic carbocycles. The van der Waals surface area contributed by atoms with Crippen molar-refractivity contribution in [1.29, 1.82) is 0 Å². The van der Waals surface area contributed by atoms with Gasteiger partial charge in [0.05, 0.1) is 17.6 Å². The van der Waals surface area contributed by atoms with E-state index in [1.54, 1.807) is 0 Å². The Morgan fingerprint density at radius 2 is 2.00 bits per heavy atom. The first-order valence-corrected chi connectivity index (χ1v) is 5.42. The van der Waals surface area contributed by atoms with Crippen LogP contribution in [-0.2, 0) is 10.8 Å². The second-order valence-corrected chi connectivity index (χ2v) is 5.94. The maximum absolute atomic E-state index is 4.75. The minimum absolute atomic E-state index is 0.0701. The maximum Gasteiger partial charge on any atom is 0.148 e. The van der Waals surface area contributed by atoms with Crippen molar-refractivity contribution in [2.45, 2.75) is 45.4 Å². The van der Waals surface area contributed by atoms with E-state index in [-0.39, 0.29) is 10.8 Å². The second-order valence-electron chi connectivity index (χ2n) is 5.94. The predicted octanol–water partition coefficient (Wildman–Crippen LogP) is 2.48. The van der Waals surface area contributed by atoms with Crippen molar-refractivity contribution >= 4 is 5.82 Å². The zero-order valence-electron chi connectivity index (χ0n) is 10.2. The Morgan fingerprint density at radius 3 is 2.60 bits per heavy atom. The van der Waals surface area contributed by atoms with E-state index in [1.165, 1.54) is 0 Å². The zero-order valence-corrected chi connectivity index (χ0v) is 10.2. The summed E-state index contributed by atoms with van der Waals surface area (Å²) in [5, 5.41) is 3.30. The Bertz CT molecular complexity index is 388. The molecule has 1 N–H and O–H groups in total. The van der Waals surface area contributed by atoms with Crippen LogP contribution in [0.5, 0.6) is 0 Å². The highest BCUT2D eigenvalue weighted by Crippen LogP contribution is 2.34. The van der Waals surface area contributed by atoms with Crippen LogP contribution in [0.15, 0.2) is 6.20 Å². The third-order valence-corrected chi connectivity index (χ3v) is 2.88. The first kappa shape index (κ1) is 10.4. The average Bonchev–Trinajstić information content (AvgIpc) is 2.41. The first-order chi connectivity index (χ1) is 6.81. The fraction of sp³-hybridized carbons (Fsp3) is 0.667. The summed E-state index contributed by atoms with van der Waals surface area (Å²) in [5.41, 5.74) is 2.34. The quantitative estimate of drug-likeness (QED) is 0.707. The third kappa shape index (κ3) is 1.71. The summed E-state index contributed by atoms with van der Waals surface area (Å²) in [4.78, 5) is 9.20. The van der Waals surface area contributed by atoms with Crippen LogP contribution in [0.4, 0.5) is 5.82 Å². The standard InChI is InChI=1S/C12H19N3/c1-11(2,3)8-6-13-10-9(15-8)12(4,5)7-14-10/h6H,7H2,1-5H3,(H,13,14). The van der Waals surface area contributed by atoms with Crippen molar-refractivity contribution in [2.24, 2.45) is 0 Å². The summed E-state index contributed by atoms with van der Waals surface area (Å²) < 4.78 is 0. The topological polar surface area (TPSA) is 37.8 Å². The van der Waals surface area contributed by atoms with Crippen LogP contribution in [0.25, 0.3) is 0 Å². The van der Waals surface area contributed by atoms with E-state index in [0.29, 0.717) is 0 Å². The van der Waals surface area contributed by atoms with Crippen molar-refractivity contribution in [3.8, 4) is 0 Å². The van der Waals surface area contributed by atoms with Gasteiger partial charge in [0.25, 0.3) is 0 Å². The van der Waals surface area contributed by atoms with Gasteiger partial charge in [-0.2, -0.15) is 0 Å². The summed E-state index contributed by atoms with van der Waals surface area (Å²) in [6.07, 6.45) is 1.88. The Morgan fingerprint density at radius 1 is 1.33 bits per heavy atom. The molecule has 0 aromatic carbocycles. The zero-order chi connectivity index (χ0) is 11.3. The summed E-state index contributed by atoms with van der Waals surface area (Å²) in [6.45, 7) is 11.8. The number of rotatable bonds is 0. The van der Waals surface area contributed by atoms with Crippen molar-refractivity contribution in [3.63, 3.8) is 0 Å². The highest BCUT2D eigenvalue weighted by atomic mass is 15.1. The molecule has 0 radical (unpaired) electrons. The fourth-order valence-corrected chi connectivity index (χ4v) is 1.74. The van der Waals surface area contributed by atoms with Gasteiger partial charge in [-0.15, -0.1) is 0 Å². The molecule has 1 aromatic heterocycles. The van der Waals surface area contributed by atoms with Gasteiger partial charge in [0.1, 0.15) is 5.82 Å². The van der Waals surface area contributed by atoms with E-state index >= 15 is 0 Å². The van der Waals surface area contributed by atoms with Crippen LogP contribution in [0, 0.1) is 0 Å². The lowest BCUT2D eigenvalue weighted by molar-refractivity contribution is 0.532. The number of fused-ring (bicyclic) bond motifs is 1. The normalized spacial score (nSPS) is 18.5. The van der Waals surface area contributed by atoms with Crippen LogP contribution in [0.1, 0.15) is 46.0 Å². The lowest BCUT2D eigenvalue weighted by atomic mass is 9.89. The van der Waals surface area contributed by atoms with E-state index in [4.69, 9.17) is 4.98 Å². The highest BCUT2D eigenvalue weighted by molar-refractivity contribution is 5.51. The molecule has 1 aliphatic rings. The van der Waals surface area contributed by atoms with Gasteiger partial charge in [-0.1, -0.05) is 34.6 Å². The molecule has 15 heavy (non-hydrogen) atoms. The fourth-order valence-electron chi connectivity index (χ4n) is 1.74. The van der Waals surface area contributed by atoms with Gasteiger partial charge in [-0.25, -0.2) is 4.98 Å². The van der Waals surface area contributed by atoms with Crippen LogP contribution in [-0.4, -0.2) is 16.5 Å². The maximum atomic E-state index is 4.75. The molecule has 0 fully saturated rings. The molecular formula is C12H19N3. The van der Waals surface area contributed by atoms with Gasteiger partial charge in [-0.3, -0.25) is 4.98 Å². The van der Waals surface area contributed by atoms with Crippen LogP contribution in [0.2, 0.25) is 0 Å². The Hall–Kier alpha value is -1.12. The molecule has 2 rings (SSSR count). The average molecular weight is 205 g/mol.